The molecule has 216 valence electrons. The van der Waals surface area contributed by atoms with Gasteiger partial charge in [-0.2, -0.15) is 0 Å². The first-order valence-electron chi connectivity index (χ1n) is 14.5. The predicted octanol–water partition coefficient (Wildman–Crippen LogP) is 6.59. The number of amides is 4. The van der Waals surface area contributed by atoms with Crippen LogP contribution in [-0.2, 0) is 16.0 Å². The smallest absolute Gasteiger partial charge is 0.262 e. The van der Waals surface area contributed by atoms with Crippen LogP contribution in [0, 0.1) is 6.92 Å². The number of carbonyl (C=O) groups is 4. The summed E-state index contributed by atoms with van der Waals surface area (Å²) < 4.78 is 0. The van der Waals surface area contributed by atoms with E-state index in [1.54, 1.807) is 36.4 Å². The molecule has 1 aliphatic rings. The molecule has 0 aliphatic carbocycles. The van der Waals surface area contributed by atoms with Crippen molar-refractivity contribution in [3.05, 3.63) is 173 Å². The molecule has 4 amide bonds. The van der Waals surface area contributed by atoms with E-state index in [-0.39, 0.29) is 17.5 Å². The molecule has 0 spiro atoms. The molecule has 44 heavy (non-hydrogen) atoms. The summed E-state index contributed by atoms with van der Waals surface area (Å²) in [6.07, 6.45) is 0.0438. The molecule has 0 saturated carbocycles. The lowest BCUT2D eigenvalue weighted by Gasteiger charge is -2.33. The van der Waals surface area contributed by atoms with Crippen LogP contribution >= 0.6 is 0 Å². The molecule has 0 fully saturated rings. The van der Waals surface area contributed by atoms with E-state index in [2.05, 4.69) is 0 Å². The van der Waals surface area contributed by atoms with E-state index in [0.29, 0.717) is 16.8 Å². The minimum atomic E-state index is -1.28. The summed E-state index contributed by atoms with van der Waals surface area (Å²) in [5.74, 6) is -3.07. The largest absolute Gasteiger partial charge is 0.273 e. The molecule has 1 heterocycles. The molecule has 1 aliphatic heterocycles. The number of hydrogen-bond donors (Lipinski definition) is 0. The summed E-state index contributed by atoms with van der Waals surface area (Å²) in [5, 5.41) is 0. The van der Waals surface area contributed by atoms with E-state index in [4.69, 9.17) is 0 Å². The Morgan fingerprint density at radius 3 is 1.55 bits per heavy atom. The first-order valence-corrected chi connectivity index (χ1v) is 14.5. The van der Waals surface area contributed by atoms with Crippen LogP contribution in [0.1, 0.15) is 48.9 Å². The third-order valence-electron chi connectivity index (χ3n) is 7.94. The first kappa shape index (κ1) is 28.5. The van der Waals surface area contributed by atoms with Crippen molar-refractivity contribution in [2.75, 3.05) is 4.90 Å². The molecule has 6 rings (SSSR count). The zero-order valence-corrected chi connectivity index (χ0v) is 24.2. The van der Waals surface area contributed by atoms with Gasteiger partial charge in [0.1, 0.15) is 6.04 Å². The van der Waals surface area contributed by atoms with Crippen molar-refractivity contribution in [3.63, 3.8) is 0 Å². The standard InChI is InChI=1S/C38H30N2O4/c1-26-21-23-30(24-22-26)39(38(44)34(28-15-7-3-8-16-28)29-17-9-4-10-18-29)37(43)33(25-27-13-5-2-6-14-27)40-35(41)31-19-11-12-20-32(31)36(40)42/h2-24,33-34H,25H2,1H3/t33-/m1/s1. The topological polar surface area (TPSA) is 74.8 Å². The summed E-state index contributed by atoms with van der Waals surface area (Å²) in [5.41, 5.74) is 3.98. The van der Waals surface area contributed by atoms with Gasteiger partial charge in [-0.05, 0) is 47.9 Å². The van der Waals surface area contributed by atoms with Gasteiger partial charge in [0.25, 0.3) is 17.7 Å². The van der Waals surface area contributed by atoms with Gasteiger partial charge in [0.15, 0.2) is 0 Å². The molecule has 0 N–H and O–H groups in total. The molecule has 1 atom stereocenters. The van der Waals surface area contributed by atoms with Crippen molar-refractivity contribution >= 4 is 29.3 Å². The van der Waals surface area contributed by atoms with Crippen LogP contribution in [0.15, 0.2) is 140 Å². The van der Waals surface area contributed by atoms with Gasteiger partial charge in [-0.15, -0.1) is 0 Å². The van der Waals surface area contributed by atoms with Crippen LogP contribution < -0.4 is 4.90 Å². The van der Waals surface area contributed by atoms with Crippen LogP contribution in [0.3, 0.4) is 0 Å². The lowest BCUT2D eigenvalue weighted by molar-refractivity contribution is -0.129. The van der Waals surface area contributed by atoms with E-state index < -0.39 is 35.6 Å². The number of aryl methyl sites for hydroxylation is 1. The van der Waals surface area contributed by atoms with Gasteiger partial charge in [0, 0.05) is 6.42 Å². The zero-order chi connectivity index (χ0) is 30.6. The fraction of sp³-hybridized carbons (Fsp3) is 0.105. The minimum Gasteiger partial charge on any atom is -0.273 e. The first-order chi connectivity index (χ1) is 21.4. The summed E-state index contributed by atoms with van der Waals surface area (Å²) in [6.45, 7) is 1.92. The van der Waals surface area contributed by atoms with Crippen molar-refractivity contribution in [3.8, 4) is 0 Å². The van der Waals surface area contributed by atoms with Crippen molar-refractivity contribution in [1.82, 2.24) is 4.90 Å². The second-order valence-corrected chi connectivity index (χ2v) is 10.8. The van der Waals surface area contributed by atoms with Crippen LogP contribution in [0.5, 0.6) is 0 Å². The van der Waals surface area contributed by atoms with Crippen LogP contribution in [0.2, 0.25) is 0 Å². The molecule has 6 nitrogen and oxygen atoms in total. The maximum absolute atomic E-state index is 14.9. The highest BCUT2D eigenvalue weighted by molar-refractivity contribution is 6.26. The Bertz CT molecular complexity index is 1750. The average Bonchev–Trinajstić information content (AvgIpc) is 3.31. The molecule has 6 heteroatoms. The van der Waals surface area contributed by atoms with E-state index in [1.807, 2.05) is 110 Å². The highest BCUT2D eigenvalue weighted by Crippen LogP contribution is 2.33. The van der Waals surface area contributed by atoms with Crippen LogP contribution in [-0.4, -0.2) is 34.6 Å². The molecule has 0 saturated heterocycles. The van der Waals surface area contributed by atoms with E-state index in [1.165, 1.54) is 0 Å². The summed E-state index contributed by atoms with van der Waals surface area (Å²) in [4.78, 5) is 59.4. The summed E-state index contributed by atoms with van der Waals surface area (Å²) in [7, 11) is 0. The molecule has 5 aromatic rings. The second kappa shape index (κ2) is 12.3. The Hall–Kier alpha value is -5.62. The van der Waals surface area contributed by atoms with E-state index in [9.17, 15) is 19.2 Å². The van der Waals surface area contributed by atoms with Crippen molar-refractivity contribution in [2.24, 2.45) is 0 Å². The fourth-order valence-corrected chi connectivity index (χ4v) is 5.72. The third-order valence-corrected chi connectivity index (χ3v) is 7.94. The quantitative estimate of drug-likeness (QED) is 0.195. The maximum Gasteiger partial charge on any atom is 0.262 e. The van der Waals surface area contributed by atoms with E-state index >= 15 is 0 Å². The number of rotatable bonds is 8. The molecule has 0 unspecified atom stereocenters. The normalized spacial score (nSPS) is 13.1. The zero-order valence-electron chi connectivity index (χ0n) is 24.2. The number of nitrogens with zero attached hydrogens (tertiary/aromatic N) is 2. The molecule has 0 radical (unpaired) electrons. The maximum atomic E-state index is 14.9. The number of imide groups is 2. The van der Waals surface area contributed by atoms with Gasteiger partial charge in [-0.25, -0.2) is 4.90 Å². The minimum absolute atomic E-state index is 0.0438. The van der Waals surface area contributed by atoms with Gasteiger partial charge in [0.2, 0.25) is 5.91 Å². The third kappa shape index (κ3) is 5.45. The Kier molecular flexibility index (Phi) is 7.98. The Balaban J connectivity index is 1.50. The average molecular weight is 579 g/mol. The molecule has 5 aromatic carbocycles. The van der Waals surface area contributed by atoms with Crippen LogP contribution in [0.4, 0.5) is 5.69 Å². The van der Waals surface area contributed by atoms with E-state index in [0.717, 1.165) is 20.9 Å². The molecular weight excluding hydrogens is 548 g/mol. The van der Waals surface area contributed by atoms with Crippen molar-refractivity contribution in [1.29, 1.82) is 0 Å². The number of hydrogen-bond acceptors (Lipinski definition) is 4. The number of fused-ring (bicyclic) bond motifs is 1. The monoisotopic (exact) mass is 578 g/mol. The molecule has 0 aromatic heterocycles. The van der Waals surface area contributed by atoms with Gasteiger partial charge in [-0.1, -0.05) is 121 Å². The van der Waals surface area contributed by atoms with Crippen molar-refractivity contribution in [2.45, 2.75) is 25.3 Å². The molecule has 0 bridgehead atoms. The summed E-state index contributed by atoms with van der Waals surface area (Å²) in [6, 6.07) is 40.2. The lowest BCUT2D eigenvalue weighted by Crippen LogP contribution is -2.54. The highest BCUT2D eigenvalue weighted by Gasteiger charge is 2.46. The SMILES string of the molecule is Cc1ccc(N(C(=O)C(c2ccccc2)c2ccccc2)C(=O)[C@@H](Cc2ccccc2)N2C(=O)c3ccccc3C2=O)cc1. The van der Waals surface area contributed by atoms with Gasteiger partial charge in [-0.3, -0.25) is 24.1 Å². The number of carbonyl (C=O) groups excluding carboxylic acids is 4. The predicted molar refractivity (Wildman–Crippen MR) is 169 cm³/mol. The molecular formula is C38H30N2O4. The lowest BCUT2D eigenvalue weighted by atomic mass is 9.89. The highest BCUT2D eigenvalue weighted by atomic mass is 16.2. The van der Waals surface area contributed by atoms with Gasteiger partial charge < -0.3 is 0 Å². The number of anilines is 1. The Labute approximate surface area is 256 Å². The summed E-state index contributed by atoms with van der Waals surface area (Å²) >= 11 is 0. The Morgan fingerprint density at radius 2 is 1.05 bits per heavy atom. The van der Waals surface area contributed by atoms with Crippen LogP contribution in [0.25, 0.3) is 0 Å². The Morgan fingerprint density at radius 1 is 0.591 bits per heavy atom. The van der Waals surface area contributed by atoms with Gasteiger partial charge in [0.05, 0.1) is 22.7 Å². The fourth-order valence-electron chi connectivity index (χ4n) is 5.72. The second-order valence-electron chi connectivity index (χ2n) is 10.8. The number of benzene rings is 5. The van der Waals surface area contributed by atoms with Crippen molar-refractivity contribution < 1.29 is 19.2 Å². The van der Waals surface area contributed by atoms with Gasteiger partial charge >= 0.3 is 0 Å².